The van der Waals surface area contributed by atoms with Gasteiger partial charge in [0, 0.05) is 16.6 Å². The summed E-state index contributed by atoms with van der Waals surface area (Å²) in [6.07, 6.45) is -2.21. The normalized spacial score (nSPS) is 12.7. The quantitative estimate of drug-likeness (QED) is 0.536. The molecule has 1 amide bonds. The first-order chi connectivity index (χ1) is 15.0. The third-order valence-corrected chi connectivity index (χ3v) is 5.22. The lowest BCUT2D eigenvalue weighted by atomic mass is 10.0. The van der Waals surface area contributed by atoms with Crippen LogP contribution in [0.15, 0.2) is 29.3 Å². The zero-order valence-electron chi connectivity index (χ0n) is 17.6. The molecule has 0 aromatic carbocycles. The summed E-state index contributed by atoms with van der Waals surface area (Å²) in [5, 5.41) is 2.89. The standard InChI is InChI=1S/C21H22ClF3N4O3/c1-4-11(2)18-15-6-13(22)7-16(29(15)10-27-18)20(31)26-8-14-17(32-9-21(23,24)25)5-12(3)28-19(14)30/h5-7,10-11H,4,8-9H2,1-3H3,(H,26,31)(H,28,30). The lowest BCUT2D eigenvalue weighted by Gasteiger charge is -2.14. The Morgan fingerprint density at radius 1 is 1.34 bits per heavy atom. The van der Waals surface area contributed by atoms with Crippen molar-refractivity contribution in [3.8, 4) is 5.75 Å². The largest absolute Gasteiger partial charge is 0.483 e. The van der Waals surface area contributed by atoms with E-state index in [1.165, 1.54) is 25.4 Å². The highest BCUT2D eigenvalue weighted by Crippen LogP contribution is 2.26. The maximum Gasteiger partial charge on any atom is 0.422 e. The van der Waals surface area contributed by atoms with Crippen molar-refractivity contribution >= 4 is 23.0 Å². The van der Waals surface area contributed by atoms with Crippen LogP contribution in [0.3, 0.4) is 0 Å². The smallest absolute Gasteiger partial charge is 0.422 e. The summed E-state index contributed by atoms with van der Waals surface area (Å²) in [5.74, 6) is -0.678. The van der Waals surface area contributed by atoms with Gasteiger partial charge in [-0.05, 0) is 31.5 Å². The van der Waals surface area contributed by atoms with Crippen molar-refractivity contribution in [3.63, 3.8) is 0 Å². The number of carbonyl (C=O) groups excluding carboxylic acids is 1. The van der Waals surface area contributed by atoms with Crippen molar-refractivity contribution in [2.75, 3.05) is 6.61 Å². The van der Waals surface area contributed by atoms with Crippen LogP contribution in [0.4, 0.5) is 13.2 Å². The van der Waals surface area contributed by atoms with Crippen LogP contribution in [0.25, 0.3) is 5.52 Å². The Morgan fingerprint density at radius 3 is 2.72 bits per heavy atom. The summed E-state index contributed by atoms with van der Waals surface area (Å²) in [7, 11) is 0. The highest BCUT2D eigenvalue weighted by Gasteiger charge is 2.29. The van der Waals surface area contributed by atoms with Gasteiger partial charge in [-0.2, -0.15) is 13.2 Å². The van der Waals surface area contributed by atoms with Gasteiger partial charge in [-0.15, -0.1) is 0 Å². The molecule has 3 aromatic rings. The molecule has 3 rings (SSSR count). The van der Waals surface area contributed by atoms with E-state index in [0.717, 1.165) is 12.1 Å². The molecular formula is C21H22ClF3N4O3. The van der Waals surface area contributed by atoms with Gasteiger partial charge in [-0.25, -0.2) is 4.98 Å². The molecule has 2 N–H and O–H groups in total. The van der Waals surface area contributed by atoms with Gasteiger partial charge in [0.1, 0.15) is 17.8 Å². The second-order valence-electron chi connectivity index (χ2n) is 7.46. The molecule has 3 heterocycles. The zero-order valence-corrected chi connectivity index (χ0v) is 18.4. The fourth-order valence-corrected chi connectivity index (χ4v) is 3.44. The number of fused-ring (bicyclic) bond motifs is 1. The number of H-pyrrole nitrogens is 1. The Kier molecular flexibility index (Phi) is 6.82. The van der Waals surface area contributed by atoms with Gasteiger partial charge < -0.3 is 15.0 Å². The van der Waals surface area contributed by atoms with Gasteiger partial charge >= 0.3 is 6.18 Å². The van der Waals surface area contributed by atoms with Crippen LogP contribution >= 0.6 is 11.6 Å². The summed E-state index contributed by atoms with van der Waals surface area (Å²) >= 11 is 6.21. The van der Waals surface area contributed by atoms with Crippen LogP contribution in [0.5, 0.6) is 5.75 Å². The Hall–Kier alpha value is -3.01. The van der Waals surface area contributed by atoms with Crippen LogP contribution in [0, 0.1) is 6.92 Å². The average molecular weight is 471 g/mol. The Bertz CT molecular complexity index is 1200. The Labute approximate surface area is 186 Å². The predicted octanol–water partition coefficient (Wildman–Crippen LogP) is 4.37. The zero-order chi connectivity index (χ0) is 23.6. The number of pyridine rings is 2. The summed E-state index contributed by atoms with van der Waals surface area (Å²) in [4.78, 5) is 32.1. The number of imidazole rings is 1. The number of rotatable bonds is 7. The number of hydrogen-bond acceptors (Lipinski definition) is 4. The molecule has 0 bridgehead atoms. The number of hydrogen-bond donors (Lipinski definition) is 2. The number of nitrogens with zero attached hydrogens (tertiary/aromatic N) is 2. The molecule has 0 aliphatic carbocycles. The van der Waals surface area contributed by atoms with E-state index in [1.54, 1.807) is 10.5 Å². The van der Waals surface area contributed by atoms with Crippen LogP contribution in [0.1, 0.15) is 53.6 Å². The van der Waals surface area contributed by atoms with Crippen LogP contribution in [0.2, 0.25) is 5.02 Å². The second-order valence-corrected chi connectivity index (χ2v) is 7.90. The van der Waals surface area contributed by atoms with Crippen LogP contribution < -0.4 is 15.6 Å². The Morgan fingerprint density at radius 2 is 2.06 bits per heavy atom. The van der Waals surface area contributed by atoms with Crippen molar-refractivity contribution < 1.29 is 22.7 Å². The summed E-state index contributed by atoms with van der Waals surface area (Å²) in [5.41, 5.74) is 1.20. The molecule has 0 aliphatic rings. The predicted molar refractivity (Wildman–Crippen MR) is 113 cm³/mol. The monoisotopic (exact) mass is 470 g/mol. The van der Waals surface area contributed by atoms with Gasteiger partial charge in [0.15, 0.2) is 6.61 Å². The highest BCUT2D eigenvalue weighted by molar-refractivity contribution is 6.31. The number of nitrogens with one attached hydrogen (secondary N) is 2. The van der Waals surface area contributed by atoms with E-state index in [2.05, 4.69) is 15.3 Å². The fraction of sp³-hybridized carbons (Fsp3) is 0.381. The second kappa shape index (κ2) is 9.23. The number of ether oxygens (including phenoxy) is 1. The molecule has 3 aromatic heterocycles. The van der Waals surface area contributed by atoms with E-state index < -0.39 is 24.2 Å². The summed E-state index contributed by atoms with van der Waals surface area (Å²) in [6, 6.07) is 4.44. The number of aromatic nitrogens is 3. The first-order valence-electron chi connectivity index (χ1n) is 9.87. The average Bonchev–Trinajstić information content (AvgIpc) is 3.13. The first-order valence-corrected chi connectivity index (χ1v) is 10.2. The van der Waals surface area contributed by atoms with Gasteiger partial charge in [0.25, 0.3) is 11.5 Å². The molecule has 1 atom stereocenters. The number of carbonyl (C=O) groups is 1. The van der Waals surface area contributed by atoms with E-state index in [9.17, 15) is 22.8 Å². The molecule has 7 nitrogen and oxygen atoms in total. The number of halogens is 4. The van der Waals surface area contributed by atoms with Crippen LogP contribution in [-0.4, -0.2) is 33.1 Å². The molecule has 32 heavy (non-hydrogen) atoms. The maximum absolute atomic E-state index is 12.9. The number of amides is 1. The number of aryl methyl sites for hydroxylation is 1. The fourth-order valence-electron chi connectivity index (χ4n) is 3.23. The highest BCUT2D eigenvalue weighted by atomic mass is 35.5. The molecule has 0 aliphatic heterocycles. The topological polar surface area (TPSA) is 88.5 Å². The van der Waals surface area contributed by atoms with Crippen LogP contribution in [-0.2, 0) is 6.54 Å². The molecule has 0 spiro atoms. The number of alkyl halides is 3. The molecule has 11 heteroatoms. The van der Waals surface area contributed by atoms with E-state index in [-0.39, 0.29) is 29.5 Å². The molecule has 0 saturated heterocycles. The van der Waals surface area contributed by atoms with Gasteiger partial charge in [-0.3, -0.25) is 14.0 Å². The summed E-state index contributed by atoms with van der Waals surface area (Å²) in [6.45, 7) is 3.64. The van der Waals surface area contributed by atoms with Gasteiger partial charge in [-0.1, -0.05) is 25.4 Å². The van der Waals surface area contributed by atoms with Crippen molar-refractivity contribution in [1.82, 2.24) is 19.7 Å². The van der Waals surface area contributed by atoms with E-state index in [1.807, 2.05) is 13.8 Å². The lowest BCUT2D eigenvalue weighted by molar-refractivity contribution is -0.153. The van der Waals surface area contributed by atoms with Crippen molar-refractivity contribution in [2.24, 2.45) is 0 Å². The minimum Gasteiger partial charge on any atom is -0.483 e. The molecule has 1 unspecified atom stereocenters. The minimum absolute atomic E-state index is 0.127. The van der Waals surface area contributed by atoms with E-state index >= 15 is 0 Å². The number of aromatic amines is 1. The van der Waals surface area contributed by atoms with E-state index in [0.29, 0.717) is 16.2 Å². The third kappa shape index (κ3) is 5.24. The Balaban J connectivity index is 1.89. The van der Waals surface area contributed by atoms with Crippen molar-refractivity contribution in [3.05, 3.63) is 62.5 Å². The SMILES string of the molecule is CCC(C)c1ncn2c(C(=O)NCc3c(OCC(F)(F)F)cc(C)[nH]c3=O)cc(Cl)cc12. The summed E-state index contributed by atoms with van der Waals surface area (Å²) < 4.78 is 44.1. The molecule has 0 saturated carbocycles. The van der Waals surface area contributed by atoms with Gasteiger partial charge in [0.2, 0.25) is 0 Å². The van der Waals surface area contributed by atoms with Crippen molar-refractivity contribution in [1.29, 1.82) is 0 Å². The molecule has 0 radical (unpaired) electrons. The lowest BCUT2D eigenvalue weighted by Crippen LogP contribution is -2.29. The maximum atomic E-state index is 12.9. The molecular weight excluding hydrogens is 449 g/mol. The molecule has 0 fully saturated rings. The van der Waals surface area contributed by atoms with Crippen molar-refractivity contribution in [2.45, 2.75) is 45.8 Å². The molecule has 172 valence electrons. The minimum atomic E-state index is -4.57. The van der Waals surface area contributed by atoms with Gasteiger partial charge in [0.05, 0.1) is 23.3 Å². The third-order valence-electron chi connectivity index (χ3n) is 5.00. The first kappa shape index (κ1) is 23.6. The van der Waals surface area contributed by atoms with E-state index in [4.69, 9.17) is 16.3 Å².